The molecule has 0 fully saturated rings. The summed E-state index contributed by atoms with van der Waals surface area (Å²) >= 11 is 0. The minimum atomic E-state index is -0.250. The van der Waals surface area contributed by atoms with Crippen LogP contribution in [0.15, 0.2) is 18.2 Å². The Kier molecular flexibility index (Phi) is 5.38. The Labute approximate surface area is 102 Å². The lowest BCUT2D eigenvalue weighted by atomic mass is 10.1. The topological polar surface area (TPSA) is 49.5 Å². The van der Waals surface area contributed by atoms with E-state index in [1.165, 1.54) is 6.07 Å². The molecule has 0 aliphatic heterocycles. The third kappa shape index (κ3) is 3.41. The summed E-state index contributed by atoms with van der Waals surface area (Å²) < 4.78 is 13.9. The average Bonchev–Trinajstić information content (AvgIpc) is 2.31. The van der Waals surface area contributed by atoms with Gasteiger partial charge in [-0.2, -0.15) is 0 Å². The molecular formula is C13H21FN2O. The molecule has 0 aromatic heterocycles. The predicted molar refractivity (Wildman–Crippen MR) is 68.6 cm³/mol. The Hall–Kier alpha value is -1.13. The van der Waals surface area contributed by atoms with Crippen molar-refractivity contribution in [1.82, 2.24) is 0 Å². The first-order valence-electron chi connectivity index (χ1n) is 6.01. The average molecular weight is 240 g/mol. The van der Waals surface area contributed by atoms with Gasteiger partial charge >= 0.3 is 0 Å². The lowest BCUT2D eigenvalue weighted by Crippen LogP contribution is -2.28. The summed E-state index contributed by atoms with van der Waals surface area (Å²) in [5, 5.41) is 8.86. The number of nitrogens with zero attached hydrogens (tertiary/aromatic N) is 1. The summed E-state index contributed by atoms with van der Waals surface area (Å²) in [7, 11) is 0. The molecule has 3 N–H and O–H groups in total. The number of nitrogens with two attached hydrogens (primary N) is 1. The maximum absolute atomic E-state index is 13.9. The summed E-state index contributed by atoms with van der Waals surface area (Å²) in [6.07, 6.45) is 0.626. The van der Waals surface area contributed by atoms with Crippen molar-refractivity contribution in [1.29, 1.82) is 0 Å². The summed E-state index contributed by atoms with van der Waals surface area (Å²) in [5.41, 5.74) is 7.24. The molecule has 3 nitrogen and oxygen atoms in total. The molecule has 1 aromatic carbocycles. The first-order valence-corrected chi connectivity index (χ1v) is 6.01. The maximum Gasteiger partial charge on any atom is 0.146 e. The number of halogens is 1. The molecule has 0 saturated heterocycles. The second-order valence-corrected chi connectivity index (χ2v) is 4.12. The zero-order chi connectivity index (χ0) is 12.8. The smallest absolute Gasteiger partial charge is 0.146 e. The fraction of sp³-hybridized carbons (Fsp3) is 0.538. The van der Waals surface area contributed by atoms with Crippen molar-refractivity contribution in [2.24, 2.45) is 5.73 Å². The van der Waals surface area contributed by atoms with E-state index in [-0.39, 0.29) is 18.5 Å². The van der Waals surface area contributed by atoms with Gasteiger partial charge in [0, 0.05) is 25.7 Å². The number of rotatable bonds is 6. The SMILES string of the molecule is CCN(CCCO)c1c(F)cccc1[C@@H](C)N. The predicted octanol–water partition coefficient (Wildman–Crippen LogP) is 2.05. The monoisotopic (exact) mass is 240 g/mol. The van der Waals surface area contributed by atoms with Crippen LogP contribution in [0.2, 0.25) is 0 Å². The van der Waals surface area contributed by atoms with Crippen LogP contribution in [-0.4, -0.2) is 24.8 Å². The molecule has 0 amide bonds. The van der Waals surface area contributed by atoms with Crippen LogP contribution in [0, 0.1) is 5.82 Å². The second kappa shape index (κ2) is 6.57. The highest BCUT2D eigenvalue weighted by Crippen LogP contribution is 2.28. The van der Waals surface area contributed by atoms with E-state index in [9.17, 15) is 4.39 Å². The second-order valence-electron chi connectivity index (χ2n) is 4.12. The van der Waals surface area contributed by atoms with Crippen LogP contribution in [0.3, 0.4) is 0 Å². The van der Waals surface area contributed by atoms with Crippen molar-refractivity contribution in [2.45, 2.75) is 26.3 Å². The Balaban J connectivity index is 3.07. The zero-order valence-corrected chi connectivity index (χ0v) is 10.5. The van der Waals surface area contributed by atoms with Crippen molar-refractivity contribution in [2.75, 3.05) is 24.6 Å². The van der Waals surface area contributed by atoms with Gasteiger partial charge in [-0.3, -0.25) is 0 Å². The molecule has 0 aliphatic carbocycles. The minimum absolute atomic E-state index is 0.110. The standard InChI is InChI=1S/C13H21FN2O/c1-3-16(8-5-9-17)13-11(10(2)15)6-4-7-12(13)14/h4,6-7,10,17H,3,5,8-9,15H2,1-2H3/t10-/m1/s1. The first kappa shape index (κ1) is 13.9. The Bertz CT molecular complexity index is 355. The first-order chi connectivity index (χ1) is 8.11. The van der Waals surface area contributed by atoms with E-state index >= 15 is 0 Å². The van der Waals surface area contributed by atoms with E-state index < -0.39 is 0 Å². The van der Waals surface area contributed by atoms with Crippen LogP contribution < -0.4 is 10.6 Å². The number of aliphatic hydroxyl groups excluding tert-OH is 1. The molecule has 1 rings (SSSR count). The fourth-order valence-corrected chi connectivity index (χ4v) is 1.92. The number of aliphatic hydroxyl groups is 1. The van der Waals surface area contributed by atoms with Crippen molar-refractivity contribution < 1.29 is 9.50 Å². The lowest BCUT2D eigenvalue weighted by Gasteiger charge is -2.27. The van der Waals surface area contributed by atoms with Gasteiger partial charge in [-0.1, -0.05) is 12.1 Å². The number of para-hydroxylation sites is 1. The number of hydrogen-bond donors (Lipinski definition) is 2. The van der Waals surface area contributed by atoms with Crippen LogP contribution in [0.4, 0.5) is 10.1 Å². The van der Waals surface area contributed by atoms with Gasteiger partial charge in [0.25, 0.3) is 0 Å². The normalized spacial score (nSPS) is 12.5. The number of benzene rings is 1. The lowest BCUT2D eigenvalue weighted by molar-refractivity contribution is 0.289. The largest absolute Gasteiger partial charge is 0.396 e. The quantitative estimate of drug-likeness (QED) is 0.800. The van der Waals surface area contributed by atoms with Gasteiger partial charge in [0.05, 0.1) is 5.69 Å². The molecule has 1 atom stereocenters. The molecule has 0 spiro atoms. The van der Waals surface area contributed by atoms with E-state index in [0.717, 1.165) is 5.56 Å². The van der Waals surface area contributed by atoms with Crippen molar-refractivity contribution in [3.8, 4) is 0 Å². The van der Waals surface area contributed by atoms with E-state index in [1.807, 2.05) is 24.8 Å². The Morgan fingerprint density at radius 2 is 2.18 bits per heavy atom. The van der Waals surface area contributed by atoms with E-state index in [2.05, 4.69) is 0 Å². The third-order valence-corrected chi connectivity index (χ3v) is 2.79. The summed E-state index contributed by atoms with van der Waals surface area (Å²) in [6.45, 7) is 5.25. The summed E-state index contributed by atoms with van der Waals surface area (Å²) in [5.74, 6) is -0.250. The molecule has 4 heteroatoms. The van der Waals surface area contributed by atoms with Gasteiger partial charge in [0.1, 0.15) is 5.82 Å². The van der Waals surface area contributed by atoms with E-state index in [4.69, 9.17) is 10.8 Å². The van der Waals surface area contributed by atoms with Crippen molar-refractivity contribution in [3.63, 3.8) is 0 Å². The van der Waals surface area contributed by atoms with Gasteiger partial charge in [-0.25, -0.2) is 4.39 Å². The molecule has 0 radical (unpaired) electrons. The molecule has 0 saturated carbocycles. The van der Waals surface area contributed by atoms with Gasteiger partial charge in [-0.05, 0) is 31.9 Å². The Morgan fingerprint density at radius 1 is 1.47 bits per heavy atom. The maximum atomic E-state index is 13.9. The van der Waals surface area contributed by atoms with Crippen molar-refractivity contribution in [3.05, 3.63) is 29.6 Å². The number of hydrogen-bond acceptors (Lipinski definition) is 3. The molecule has 0 bridgehead atoms. The Morgan fingerprint density at radius 3 is 2.71 bits per heavy atom. The highest BCUT2D eigenvalue weighted by Gasteiger charge is 2.16. The molecule has 96 valence electrons. The fourth-order valence-electron chi connectivity index (χ4n) is 1.92. The van der Waals surface area contributed by atoms with Crippen LogP contribution in [0.25, 0.3) is 0 Å². The summed E-state index contributed by atoms with van der Waals surface area (Å²) in [4.78, 5) is 1.92. The van der Waals surface area contributed by atoms with Crippen LogP contribution in [0.1, 0.15) is 31.9 Å². The molecule has 0 heterocycles. The van der Waals surface area contributed by atoms with Crippen LogP contribution >= 0.6 is 0 Å². The minimum Gasteiger partial charge on any atom is -0.396 e. The van der Waals surface area contributed by atoms with Gasteiger partial charge in [0.2, 0.25) is 0 Å². The molecule has 17 heavy (non-hydrogen) atoms. The van der Waals surface area contributed by atoms with E-state index in [1.54, 1.807) is 6.07 Å². The number of anilines is 1. The van der Waals surface area contributed by atoms with Gasteiger partial charge in [-0.15, -0.1) is 0 Å². The van der Waals surface area contributed by atoms with Crippen LogP contribution in [-0.2, 0) is 0 Å². The van der Waals surface area contributed by atoms with E-state index in [0.29, 0.717) is 25.2 Å². The third-order valence-electron chi connectivity index (χ3n) is 2.79. The highest BCUT2D eigenvalue weighted by atomic mass is 19.1. The van der Waals surface area contributed by atoms with Crippen molar-refractivity contribution >= 4 is 5.69 Å². The van der Waals surface area contributed by atoms with Crippen LogP contribution in [0.5, 0.6) is 0 Å². The molecular weight excluding hydrogens is 219 g/mol. The van der Waals surface area contributed by atoms with Gasteiger partial charge < -0.3 is 15.7 Å². The highest BCUT2D eigenvalue weighted by molar-refractivity contribution is 5.56. The molecule has 0 unspecified atom stereocenters. The zero-order valence-electron chi connectivity index (χ0n) is 10.5. The molecule has 1 aromatic rings. The molecule has 0 aliphatic rings. The van der Waals surface area contributed by atoms with Gasteiger partial charge in [0.15, 0.2) is 0 Å². The summed E-state index contributed by atoms with van der Waals surface area (Å²) in [6, 6.07) is 4.77.